The predicted molar refractivity (Wildman–Crippen MR) is 131 cm³/mol. The number of carbonyl (C=O) groups is 1. The first-order valence-electron chi connectivity index (χ1n) is 12.7. The SMILES string of the molecule is C/C=C(/C)C(=O)N[C@H]1C=C[C@@]2(C)C(=CC[C@@]3(C)[C@H]4CC[C@H]([C@H](C)NC)[C@@]4(C)CC[C@H]32)[C@H]1O. The van der Waals surface area contributed by atoms with E-state index in [1.807, 2.05) is 19.9 Å². The summed E-state index contributed by atoms with van der Waals surface area (Å²) in [5.41, 5.74) is 2.29. The number of hydrogen-bond donors (Lipinski definition) is 3. The van der Waals surface area contributed by atoms with Crippen LogP contribution in [0.25, 0.3) is 0 Å². The molecule has 0 aliphatic heterocycles. The molecule has 0 aromatic rings. The highest BCUT2D eigenvalue weighted by atomic mass is 16.3. The van der Waals surface area contributed by atoms with E-state index in [9.17, 15) is 9.90 Å². The molecule has 4 rings (SSSR count). The summed E-state index contributed by atoms with van der Waals surface area (Å²) in [6.07, 6.45) is 14.0. The molecule has 4 nitrogen and oxygen atoms in total. The Bertz CT molecular complexity index is 859. The number of aliphatic hydroxyl groups excluding tert-OH is 1. The maximum atomic E-state index is 12.4. The van der Waals surface area contributed by atoms with Crippen molar-refractivity contribution in [3.63, 3.8) is 0 Å². The van der Waals surface area contributed by atoms with Crippen molar-refractivity contribution in [2.75, 3.05) is 7.05 Å². The second-order valence-electron chi connectivity index (χ2n) is 11.8. The third-order valence-corrected chi connectivity index (χ3v) is 10.5. The molecule has 4 aliphatic rings. The number of hydrogen-bond acceptors (Lipinski definition) is 3. The number of nitrogens with one attached hydrogen (secondary N) is 2. The van der Waals surface area contributed by atoms with Crippen LogP contribution >= 0.6 is 0 Å². The molecule has 2 fully saturated rings. The molecule has 0 heterocycles. The Morgan fingerprint density at radius 1 is 1.19 bits per heavy atom. The number of allylic oxidation sites excluding steroid dienone is 3. The van der Waals surface area contributed by atoms with E-state index in [0.717, 1.165) is 17.9 Å². The molecule has 0 aromatic carbocycles. The molecule has 32 heavy (non-hydrogen) atoms. The quantitative estimate of drug-likeness (QED) is 0.436. The fourth-order valence-corrected chi connectivity index (χ4v) is 8.55. The molecule has 0 radical (unpaired) electrons. The molecular formula is C28H44N2O2. The van der Waals surface area contributed by atoms with Gasteiger partial charge in [-0.1, -0.05) is 45.1 Å². The Labute approximate surface area is 195 Å². The summed E-state index contributed by atoms with van der Waals surface area (Å²) in [4.78, 5) is 12.4. The van der Waals surface area contributed by atoms with Gasteiger partial charge in [-0.05, 0) is 94.1 Å². The lowest BCUT2D eigenvalue weighted by Gasteiger charge is -2.63. The van der Waals surface area contributed by atoms with Gasteiger partial charge in [-0.2, -0.15) is 0 Å². The van der Waals surface area contributed by atoms with Crippen LogP contribution in [0.1, 0.15) is 73.6 Å². The van der Waals surface area contributed by atoms with Gasteiger partial charge < -0.3 is 15.7 Å². The Kier molecular flexibility index (Phi) is 6.03. The van der Waals surface area contributed by atoms with E-state index >= 15 is 0 Å². The number of fused-ring (bicyclic) bond motifs is 5. The zero-order valence-corrected chi connectivity index (χ0v) is 21.2. The minimum atomic E-state index is -0.655. The van der Waals surface area contributed by atoms with Crippen molar-refractivity contribution in [2.45, 2.75) is 91.8 Å². The Balaban J connectivity index is 1.64. The lowest BCUT2D eigenvalue weighted by molar-refractivity contribution is -0.119. The summed E-state index contributed by atoms with van der Waals surface area (Å²) in [6, 6.07) is 0.194. The van der Waals surface area contributed by atoms with Crippen LogP contribution in [-0.4, -0.2) is 36.2 Å². The van der Waals surface area contributed by atoms with Gasteiger partial charge in [0.05, 0.1) is 12.1 Å². The summed E-state index contributed by atoms with van der Waals surface area (Å²) in [5.74, 6) is 1.87. The van der Waals surface area contributed by atoms with Gasteiger partial charge in [-0.15, -0.1) is 0 Å². The minimum Gasteiger partial charge on any atom is -0.386 e. The van der Waals surface area contributed by atoms with Gasteiger partial charge in [0.1, 0.15) is 0 Å². The highest BCUT2D eigenvalue weighted by molar-refractivity contribution is 5.93. The van der Waals surface area contributed by atoms with Crippen molar-refractivity contribution in [2.24, 2.45) is 34.0 Å². The van der Waals surface area contributed by atoms with Crippen molar-refractivity contribution in [1.29, 1.82) is 0 Å². The van der Waals surface area contributed by atoms with Crippen LogP contribution in [0.2, 0.25) is 0 Å². The monoisotopic (exact) mass is 440 g/mol. The van der Waals surface area contributed by atoms with E-state index in [0.29, 0.717) is 28.9 Å². The van der Waals surface area contributed by atoms with Crippen LogP contribution in [0, 0.1) is 34.0 Å². The highest BCUT2D eigenvalue weighted by Crippen LogP contribution is 2.70. The van der Waals surface area contributed by atoms with Crippen LogP contribution < -0.4 is 10.6 Å². The summed E-state index contributed by atoms with van der Waals surface area (Å²) < 4.78 is 0. The first-order valence-corrected chi connectivity index (χ1v) is 12.7. The lowest BCUT2D eigenvalue weighted by atomic mass is 9.42. The van der Waals surface area contributed by atoms with E-state index in [1.165, 1.54) is 25.7 Å². The van der Waals surface area contributed by atoms with Gasteiger partial charge in [-0.3, -0.25) is 4.79 Å². The van der Waals surface area contributed by atoms with Crippen LogP contribution in [0.15, 0.2) is 35.5 Å². The third kappa shape index (κ3) is 3.27. The molecule has 9 atom stereocenters. The molecular weight excluding hydrogens is 396 g/mol. The summed E-state index contributed by atoms with van der Waals surface area (Å²) in [7, 11) is 2.10. The fourth-order valence-electron chi connectivity index (χ4n) is 8.55. The van der Waals surface area contributed by atoms with Crippen molar-refractivity contribution < 1.29 is 9.90 Å². The highest BCUT2D eigenvalue weighted by Gasteiger charge is 2.64. The molecule has 4 heteroatoms. The molecule has 4 aliphatic carbocycles. The summed E-state index contributed by atoms with van der Waals surface area (Å²) in [5, 5.41) is 17.9. The lowest BCUT2D eigenvalue weighted by Crippen LogP contribution is -2.59. The van der Waals surface area contributed by atoms with Crippen molar-refractivity contribution >= 4 is 5.91 Å². The topological polar surface area (TPSA) is 61.4 Å². The molecule has 2 saturated carbocycles. The molecule has 0 spiro atoms. The van der Waals surface area contributed by atoms with Crippen LogP contribution in [0.5, 0.6) is 0 Å². The summed E-state index contributed by atoms with van der Waals surface area (Å²) in [6.45, 7) is 13.5. The van der Waals surface area contributed by atoms with E-state index in [4.69, 9.17) is 0 Å². The van der Waals surface area contributed by atoms with E-state index in [1.54, 1.807) is 0 Å². The van der Waals surface area contributed by atoms with Crippen molar-refractivity contribution in [1.82, 2.24) is 10.6 Å². The first-order chi connectivity index (χ1) is 15.0. The molecule has 1 amide bonds. The van der Waals surface area contributed by atoms with Crippen LogP contribution in [0.4, 0.5) is 0 Å². The average molecular weight is 441 g/mol. The largest absolute Gasteiger partial charge is 0.386 e. The van der Waals surface area contributed by atoms with E-state index < -0.39 is 6.10 Å². The fraction of sp³-hybridized carbons (Fsp3) is 0.750. The average Bonchev–Trinajstić information content (AvgIpc) is 3.12. The summed E-state index contributed by atoms with van der Waals surface area (Å²) >= 11 is 0. The Hall–Kier alpha value is -1.39. The van der Waals surface area contributed by atoms with Gasteiger partial charge in [-0.25, -0.2) is 0 Å². The van der Waals surface area contributed by atoms with Gasteiger partial charge in [0.25, 0.3) is 0 Å². The Morgan fingerprint density at radius 3 is 2.56 bits per heavy atom. The molecule has 0 saturated heterocycles. The molecule has 0 unspecified atom stereocenters. The van der Waals surface area contributed by atoms with Gasteiger partial charge in [0.2, 0.25) is 5.91 Å². The molecule has 178 valence electrons. The number of carbonyl (C=O) groups excluding carboxylic acids is 1. The Morgan fingerprint density at radius 2 is 1.91 bits per heavy atom. The maximum Gasteiger partial charge on any atom is 0.247 e. The number of amides is 1. The number of aliphatic hydroxyl groups is 1. The van der Waals surface area contributed by atoms with Gasteiger partial charge >= 0.3 is 0 Å². The smallest absolute Gasteiger partial charge is 0.247 e. The van der Waals surface area contributed by atoms with Gasteiger partial charge in [0, 0.05) is 17.0 Å². The van der Waals surface area contributed by atoms with Gasteiger partial charge in [0.15, 0.2) is 0 Å². The number of rotatable bonds is 4. The zero-order chi connectivity index (χ0) is 23.5. The zero-order valence-electron chi connectivity index (χ0n) is 21.2. The second kappa shape index (κ2) is 8.13. The second-order valence-corrected chi connectivity index (χ2v) is 11.8. The first kappa shape index (κ1) is 23.8. The van der Waals surface area contributed by atoms with Crippen LogP contribution in [0.3, 0.4) is 0 Å². The molecule has 3 N–H and O–H groups in total. The van der Waals surface area contributed by atoms with E-state index in [2.05, 4.69) is 63.6 Å². The minimum absolute atomic E-state index is 0.102. The molecule has 0 aromatic heterocycles. The predicted octanol–water partition coefficient (Wildman–Crippen LogP) is 4.76. The van der Waals surface area contributed by atoms with Crippen LogP contribution in [-0.2, 0) is 4.79 Å². The van der Waals surface area contributed by atoms with Crippen molar-refractivity contribution in [3.05, 3.63) is 35.5 Å². The third-order valence-electron chi connectivity index (χ3n) is 10.5. The normalized spacial score (nSPS) is 46.6. The molecule has 0 bridgehead atoms. The van der Waals surface area contributed by atoms with E-state index in [-0.39, 0.29) is 22.8 Å². The standard InChI is InChI=1S/C28H44N2O2/c1-8-17(2)25(32)30-21-12-15-27(5)20(24(21)31)11-14-28(6)22-10-9-19(18(3)29-7)26(22,4)16-13-23(27)28/h8,11-12,15,18-19,21-24,29,31H,9-10,13-14,16H2,1-7H3,(H,30,32)/b17-8-/t18-,19+,21-,22-,23-,24+,26+,27-,28-/m0/s1. The van der Waals surface area contributed by atoms with Crippen molar-refractivity contribution in [3.8, 4) is 0 Å². The maximum absolute atomic E-state index is 12.4.